The summed E-state index contributed by atoms with van der Waals surface area (Å²) in [7, 11) is 0. The molecule has 3 nitrogen and oxygen atoms in total. The minimum atomic E-state index is -0.160. The van der Waals surface area contributed by atoms with Crippen LogP contribution in [-0.4, -0.2) is 11.7 Å². The molecule has 0 saturated heterocycles. The van der Waals surface area contributed by atoms with Crippen LogP contribution < -0.4 is 5.32 Å². The maximum absolute atomic E-state index is 12.2. The number of anilines is 1. The van der Waals surface area contributed by atoms with Crippen molar-refractivity contribution in [2.24, 2.45) is 0 Å². The van der Waals surface area contributed by atoms with E-state index in [0.29, 0.717) is 5.56 Å². The second kappa shape index (κ2) is 7.55. The molecule has 1 amide bonds. The van der Waals surface area contributed by atoms with Gasteiger partial charge in [-0.3, -0.25) is 9.59 Å². The van der Waals surface area contributed by atoms with Crippen LogP contribution >= 0.6 is 15.9 Å². The molecule has 0 aliphatic carbocycles. The van der Waals surface area contributed by atoms with Gasteiger partial charge in [-0.25, -0.2) is 0 Å². The van der Waals surface area contributed by atoms with Gasteiger partial charge >= 0.3 is 0 Å². The van der Waals surface area contributed by atoms with E-state index in [1.54, 1.807) is 0 Å². The second-order valence-electron chi connectivity index (χ2n) is 5.75. The van der Waals surface area contributed by atoms with Crippen LogP contribution in [0.3, 0.4) is 0 Å². The number of carbonyl (C=O) groups excluding carboxylic acids is 2. The Morgan fingerprint density at radius 3 is 2.35 bits per heavy atom. The lowest BCUT2D eigenvalue weighted by molar-refractivity contribution is -0.116. The Balaban J connectivity index is 1.93. The third-order valence-corrected chi connectivity index (χ3v) is 4.46. The van der Waals surface area contributed by atoms with Crippen LogP contribution in [0.2, 0.25) is 0 Å². The molecule has 0 saturated carbocycles. The van der Waals surface area contributed by atoms with Crippen molar-refractivity contribution in [1.82, 2.24) is 0 Å². The SMILES string of the molecule is Cc1ccc(NC(=O)CCC(=O)c2ccc(C)c(C)c2)c(Br)c1. The maximum Gasteiger partial charge on any atom is 0.224 e. The molecule has 0 radical (unpaired) electrons. The molecule has 0 aliphatic heterocycles. The molecule has 23 heavy (non-hydrogen) atoms. The molecule has 0 aromatic heterocycles. The topological polar surface area (TPSA) is 46.2 Å². The van der Waals surface area contributed by atoms with Gasteiger partial charge in [-0.1, -0.05) is 18.2 Å². The standard InChI is InChI=1S/C19H20BrNO2/c1-12-4-7-17(16(20)10-12)21-19(23)9-8-18(22)15-6-5-13(2)14(3)11-15/h4-7,10-11H,8-9H2,1-3H3,(H,21,23). The van der Waals surface area contributed by atoms with E-state index < -0.39 is 0 Å². The van der Waals surface area contributed by atoms with Crippen molar-refractivity contribution in [3.63, 3.8) is 0 Å². The molecular formula is C19H20BrNO2. The Morgan fingerprint density at radius 2 is 1.70 bits per heavy atom. The van der Waals surface area contributed by atoms with E-state index in [0.717, 1.165) is 26.9 Å². The average Bonchev–Trinajstić information content (AvgIpc) is 2.50. The molecule has 0 bridgehead atoms. The highest BCUT2D eigenvalue weighted by atomic mass is 79.9. The highest BCUT2D eigenvalue weighted by Crippen LogP contribution is 2.23. The van der Waals surface area contributed by atoms with Crippen molar-refractivity contribution in [1.29, 1.82) is 0 Å². The summed E-state index contributed by atoms with van der Waals surface area (Å²) in [5, 5.41) is 2.83. The number of Topliss-reactive ketones (excluding diaryl/α,β-unsaturated/α-hetero) is 1. The predicted molar refractivity (Wildman–Crippen MR) is 97.0 cm³/mol. The van der Waals surface area contributed by atoms with Crippen LogP contribution in [-0.2, 0) is 4.79 Å². The van der Waals surface area contributed by atoms with Crippen LogP contribution in [0, 0.1) is 20.8 Å². The Morgan fingerprint density at radius 1 is 0.957 bits per heavy atom. The van der Waals surface area contributed by atoms with E-state index in [4.69, 9.17) is 0 Å². The lowest BCUT2D eigenvalue weighted by atomic mass is 10.0. The van der Waals surface area contributed by atoms with Gasteiger partial charge in [-0.05, 0) is 71.6 Å². The monoisotopic (exact) mass is 373 g/mol. The third kappa shape index (κ3) is 4.76. The Kier molecular flexibility index (Phi) is 5.72. The molecule has 0 fully saturated rings. The average molecular weight is 374 g/mol. The van der Waals surface area contributed by atoms with Gasteiger partial charge in [0, 0.05) is 22.9 Å². The van der Waals surface area contributed by atoms with Gasteiger partial charge in [0.05, 0.1) is 5.69 Å². The molecular weight excluding hydrogens is 354 g/mol. The zero-order chi connectivity index (χ0) is 17.0. The minimum Gasteiger partial charge on any atom is -0.325 e. The van der Waals surface area contributed by atoms with E-state index in [1.165, 1.54) is 0 Å². The fraction of sp³-hybridized carbons (Fsp3) is 0.263. The van der Waals surface area contributed by atoms with E-state index in [9.17, 15) is 9.59 Å². The third-order valence-electron chi connectivity index (χ3n) is 3.81. The first kappa shape index (κ1) is 17.4. The highest BCUT2D eigenvalue weighted by Gasteiger charge is 2.11. The van der Waals surface area contributed by atoms with Crippen molar-refractivity contribution in [3.05, 3.63) is 63.1 Å². The van der Waals surface area contributed by atoms with Crippen molar-refractivity contribution < 1.29 is 9.59 Å². The van der Waals surface area contributed by atoms with Crippen LogP contribution in [0.5, 0.6) is 0 Å². The summed E-state index contributed by atoms with van der Waals surface area (Å²) in [6.45, 7) is 5.97. The number of rotatable bonds is 5. The summed E-state index contributed by atoms with van der Waals surface area (Å²) in [4.78, 5) is 24.2. The lowest BCUT2D eigenvalue weighted by Gasteiger charge is -2.08. The normalized spacial score (nSPS) is 10.4. The molecule has 2 aromatic carbocycles. The van der Waals surface area contributed by atoms with Crippen molar-refractivity contribution in [2.75, 3.05) is 5.32 Å². The summed E-state index contributed by atoms with van der Waals surface area (Å²) in [6.07, 6.45) is 0.379. The summed E-state index contributed by atoms with van der Waals surface area (Å²) in [5.74, 6) is -0.169. The molecule has 0 heterocycles. The fourth-order valence-corrected chi connectivity index (χ4v) is 2.81. The predicted octanol–water partition coefficient (Wildman–Crippen LogP) is 4.98. The second-order valence-corrected chi connectivity index (χ2v) is 6.61. The molecule has 0 atom stereocenters. The number of amides is 1. The van der Waals surface area contributed by atoms with Gasteiger partial charge in [0.2, 0.25) is 5.91 Å². The van der Waals surface area contributed by atoms with Gasteiger partial charge in [0.25, 0.3) is 0 Å². The maximum atomic E-state index is 12.2. The number of carbonyl (C=O) groups is 2. The van der Waals surface area contributed by atoms with Gasteiger partial charge < -0.3 is 5.32 Å². The molecule has 2 rings (SSSR count). The molecule has 0 spiro atoms. The van der Waals surface area contributed by atoms with Gasteiger partial charge in [0.1, 0.15) is 0 Å². The number of hydrogen-bond acceptors (Lipinski definition) is 2. The zero-order valence-corrected chi connectivity index (χ0v) is 15.2. The molecule has 0 unspecified atom stereocenters. The molecule has 120 valence electrons. The number of benzene rings is 2. The van der Waals surface area contributed by atoms with E-state index in [2.05, 4.69) is 21.2 Å². The van der Waals surface area contributed by atoms with E-state index in [-0.39, 0.29) is 24.5 Å². The summed E-state index contributed by atoms with van der Waals surface area (Å²) in [6, 6.07) is 11.4. The first-order valence-electron chi connectivity index (χ1n) is 7.53. The Labute approximate surface area is 145 Å². The largest absolute Gasteiger partial charge is 0.325 e. The number of halogens is 1. The molecule has 0 aliphatic rings. The van der Waals surface area contributed by atoms with Crippen LogP contribution in [0.25, 0.3) is 0 Å². The minimum absolute atomic E-state index is 0.00813. The van der Waals surface area contributed by atoms with Crippen LogP contribution in [0.4, 0.5) is 5.69 Å². The Hall–Kier alpha value is -1.94. The number of aryl methyl sites for hydroxylation is 3. The van der Waals surface area contributed by atoms with E-state index in [1.807, 2.05) is 57.2 Å². The molecule has 1 N–H and O–H groups in total. The molecule has 4 heteroatoms. The van der Waals surface area contributed by atoms with Crippen LogP contribution in [0.15, 0.2) is 40.9 Å². The smallest absolute Gasteiger partial charge is 0.224 e. The van der Waals surface area contributed by atoms with Crippen molar-refractivity contribution >= 4 is 33.3 Å². The summed E-state index contributed by atoms with van der Waals surface area (Å²) in [5.41, 5.74) is 4.74. The van der Waals surface area contributed by atoms with Gasteiger partial charge in [-0.2, -0.15) is 0 Å². The number of nitrogens with one attached hydrogen (secondary N) is 1. The van der Waals surface area contributed by atoms with Gasteiger partial charge in [-0.15, -0.1) is 0 Å². The van der Waals surface area contributed by atoms with Crippen molar-refractivity contribution in [2.45, 2.75) is 33.6 Å². The molecule has 2 aromatic rings. The lowest BCUT2D eigenvalue weighted by Crippen LogP contribution is -2.14. The number of hydrogen-bond donors (Lipinski definition) is 1. The first-order chi connectivity index (χ1) is 10.9. The summed E-state index contributed by atoms with van der Waals surface area (Å²) >= 11 is 3.43. The highest BCUT2D eigenvalue weighted by molar-refractivity contribution is 9.10. The zero-order valence-electron chi connectivity index (χ0n) is 13.6. The number of ketones is 1. The van der Waals surface area contributed by atoms with Crippen LogP contribution in [0.1, 0.15) is 39.9 Å². The summed E-state index contributed by atoms with van der Waals surface area (Å²) < 4.78 is 0.839. The quantitative estimate of drug-likeness (QED) is 0.751. The van der Waals surface area contributed by atoms with E-state index >= 15 is 0 Å². The van der Waals surface area contributed by atoms with Gasteiger partial charge in [0.15, 0.2) is 5.78 Å². The van der Waals surface area contributed by atoms with Crippen molar-refractivity contribution in [3.8, 4) is 0 Å². The Bertz CT molecular complexity index is 753. The first-order valence-corrected chi connectivity index (χ1v) is 8.32. The fourth-order valence-electron chi connectivity index (χ4n) is 2.22.